The zero-order valence-corrected chi connectivity index (χ0v) is 10.9. The van der Waals surface area contributed by atoms with Crippen molar-refractivity contribution in [2.45, 2.75) is 32.1 Å². The Bertz CT molecular complexity index is 400. The molecule has 98 valence electrons. The van der Waals surface area contributed by atoms with Crippen LogP contribution in [0.5, 0.6) is 0 Å². The van der Waals surface area contributed by atoms with Gasteiger partial charge in [0.2, 0.25) is 0 Å². The average Bonchev–Trinajstić information content (AvgIpc) is 2.45. The highest BCUT2D eigenvalue weighted by Gasteiger charge is 2.13. The molecule has 1 amide bonds. The largest absolute Gasteiger partial charge is 0.385 e. The molecule has 2 rings (SSSR count). The molecule has 2 N–H and O–H groups in total. The minimum absolute atomic E-state index is 0.142. The van der Waals surface area contributed by atoms with Gasteiger partial charge in [-0.2, -0.15) is 0 Å². The summed E-state index contributed by atoms with van der Waals surface area (Å²) in [5, 5.41) is 6.00. The van der Waals surface area contributed by atoms with E-state index in [2.05, 4.69) is 15.6 Å². The van der Waals surface area contributed by atoms with Gasteiger partial charge in [-0.05, 0) is 30.9 Å². The number of nitrogens with one attached hydrogen (secondary N) is 2. The van der Waals surface area contributed by atoms with E-state index < -0.39 is 0 Å². The molecular formula is C14H21N3O. The van der Waals surface area contributed by atoms with Gasteiger partial charge in [-0.15, -0.1) is 0 Å². The third-order valence-electron chi connectivity index (χ3n) is 3.54. The number of nitrogens with zero attached hydrogens (tertiary/aromatic N) is 1. The summed E-state index contributed by atoms with van der Waals surface area (Å²) in [6, 6.07) is 3.72. The maximum Gasteiger partial charge on any atom is 0.269 e. The third-order valence-corrected chi connectivity index (χ3v) is 3.54. The van der Waals surface area contributed by atoms with Gasteiger partial charge in [0.25, 0.3) is 5.91 Å². The standard InChI is InChI=1S/C14H21N3O/c1-15-14(18)13-9-12(7-8-16-13)17-10-11-5-3-2-4-6-11/h7-9,11H,2-6,10H2,1H3,(H,15,18)(H,16,17). The van der Waals surface area contributed by atoms with E-state index >= 15 is 0 Å². The predicted molar refractivity (Wildman–Crippen MR) is 72.7 cm³/mol. The van der Waals surface area contributed by atoms with Gasteiger partial charge >= 0.3 is 0 Å². The lowest BCUT2D eigenvalue weighted by atomic mass is 9.89. The van der Waals surface area contributed by atoms with E-state index in [0.717, 1.165) is 18.2 Å². The molecule has 0 radical (unpaired) electrons. The van der Waals surface area contributed by atoms with Crippen LogP contribution < -0.4 is 10.6 Å². The quantitative estimate of drug-likeness (QED) is 0.859. The summed E-state index contributed by atoms with van der Waals surface area (Å²) in [5.41, 5.74) is 1.44. The summed E-state index contributed by atoms with van der Waals surface area (Å²) in [6.07, 6.45) is 8.40. The normalized spacial score (nSPS) is 16.3. The molecule has 0 atom stereocenters. The summed E-state index contributed by atoms with van der Waals surface area (Å²) in [6.45, 7) is 0.997. The summed E-state index contributed by atoms with van der Waals surface area (Å²) >= 11 is 0. The molecule has 0 bridgehead atoms. The van der Waals surface area contributed by atoms with E-state index in [9.17, 15) is 4.79 Å². The molecule has 0 aliphatic heterocycles. The first-order chi connectivity index (χ1) is 8.79. The molecule has 0 saturated heterocycles. The molecule has 1 heterocycles. The first-order valence-corrected chi connectivity index (χ1v) is 6.71. The molecule has 1 fully saturated rings. The number of aromatic nitrogens is 1. The van der Waals surface area contributed by atoms with Gasteiger partial charge in [0.15, 0.2) is 0 Å². The second-order valence-electron chi connectivity index (χ2n) is 4.89. The van der Waals surface area contributed by atoms with Crippen molar-refractivity contribution in [3.63, 3.8) is 0 Å². The van der Waals surface area contributed by atoms with Crippen molar-refractivity contribution in [1.82, 2.24) is 10.3 Å². The second kappa shape index (κ2) is 6.38. The first-order valence-electron chi connectivity index (χ1n) is 6.71. The lowest BCUT2D eigenvalue weighted by Crippen LogP contribution is -2.20. The maximum atomic E-state index is 11.5. The Morgan fingerprint density at radius 1 is 1.39 bits per heavy atom. The van der Waals surface area contributed by atoms with Crippen molar-refractivity contribution in [1.29, 1.82) is 0 Å². The Morgan fingerprint density at radius 3 is 2.89 bits per heavy atom. The summed E-state index contributed by atoms with van der Waals surface area (Å²) in [4.78, 5) is 15.5. The van der Waals surface area contributed by atoms with E-state index in [1.807, 2.05) is 12.1 Å². The monoisotopic (exact) mass is 247 g/mol. The fraction of sp³-hybridized carbons (Fsp3) is 0.571. The van der Waals surface area contributed by atoms with Crippen molar-refractivity contribution < 1.29 is 4.79 Å². The molecule has 1 saturated carbocycles. The summed E-state index contributed by atoms with van der Waals surface area (Å²) < 4.78 is 0. The van der Waals surface area contributed by atoms with Crippen molar-refractivity contribution in [2.75, 3.05) is 18.9 Å². The minimum atomic E-state index is -0.142. The van der Waals surface area contributed by atoms with Gasteiger partial charge in [0, 0.05) is 25.5 Å². The van der Waals surface area contributed by atoms with Crippen LogP contribution in [-0.4, -0.2) is 24.5 Å². The zero-order valence-electron chi connectivity index (χ0n) is 10.9. The molecule has 18 heavy (non-hydrogen) atoms. The molecule has 4 heteroatoms. The van der Waals surface area contributed by atoms with Gasteiger partial charge < -0.3 is 10.6 Å². The van der Waals surface area contributed by atoms with Crippen LogP contribution in [-0.2, 0) is 0 Å². The van der Waals surface area contributed by atoms with Crippen LogP contribution in [0.25, 0.3) is 0 Å². The lowest BCUT2D eigenvalue weighted by Gasteiger charge is -2.22. The Hall–Kier alpha value is -1.58. The van der Waals surface area contributed by atoms with E-state index in [0.29, 0.717) is 5.69 Å². The second-order valence-corrected chi connectivity index (χ2v) is 4.89. The van der Waals surface area contributed by atoms with Crippen molar-refractivity contribution in [3.8, 4) is 0 Å². The van der Waals surface area contributed by atoms with E-state index in [1.54, 1.807) is 13.2 Å². The van der Waals surface area contributed by atoms with Crippen molar-refractivity contribution >= 4 is 11.6 Å². The molecule has 4 nitrogen and oxygen atoms in total. The third kappa shape index (κ3) is 3.45. The number of pyridine rings is 1. The van der Waals surface area contributed by atoms with Crippen LogP contribution in [0.15, 0.2) is 18.3 Å². The van der Waals surface area contributed by atoms with Gasteiger partial charge in [-0.1, -0.05) is 19.3 Å². The van der Waals surface area contributed by atoms with Crippen LogP contribution in [0.1, 0.15) is 42.6 Å². The Balaban J connectivity index is 1.90. The van der Waals surface area contributed by atoms with E-state index in [4.69, 9.17) is 0 Å². The number of carbonyl (C=O) groups is 1. The van der Waals surface area contributed by atoms with E-state index in [-0.39, 0.29) is 5.91 Å². The topological polar surface area (TPSA) is 54.0 Å². The highest BCUT2D eigenvalue weighted by atomic mass is 16.1. The molecule has 1 aromatic heterocycles. The number of amides is 1. The molecule has 1 aliphatic rings. The fourth-order valence-corrected chi connectivity index (χ4v) is 2.45. The van der Waals surface area contributed by atoms with Gasteiger partial charge in [-0.3, -0.25) is 9.78 Å². The van der Waals surface area contributed by atoms with Crippen LogP contribution in [0.4, 0.5) is 5.69 Å². The molecule has 0 unspecified atom stereocenters. The van der Waals surface area contributed by atoms with Gasteiger partial charge in [-0.25, -0.2) is 0 Å². The molecular weight excluding hydrogens is 226 g/mol. The van der Waals surface area contributed by atoms with Crippen LogP contribution in [0.2, 0.25) is 0 Å². The molecule has 0 aromatic carbocycles. The lowest BCUT2D eigenvalue weighted by molar-refractivity contribution is 0.0958. The smallest absolute Gasteiger partial charge is 0.269 e. The van der Waals surface area contributed by atoms with Crippen LogP contribution in [0, 0.1) is 5.92 Å². The predicted octanol–water partition coefficient (Wildman–Crippen LogP) is 2.43. The van der Waals surface area contributed by atoms with Crippen LogP contribution in [0.3, 0.4) is 0 Å². The number of rotatable bonds is 4. The first kappa shape index (κ1) is 12.9. The number of hydrogen-bond acceptors (Lipinski definition) is 3. The zero-order chi connectivity index (χ0) is 12.8. The average molecular weight is 247 g/mol. The molecule has 1 aromatic rings. The highest BCUT2D eigenvalue weighted by Crippen LogP contribution is 2.23. The number of carbonyl (C=O) groups excluding carboxylic acids is 1. The van der Waals surface area contributed by atoms with Gasteiger partial charge in [0.1, 0.15) is 5.69 Å². The summed E-state index contributed by atoms with van der Waals surface area (Å²) in [5.74, 6) is 0.631. The Kier molecular flexibility index (Phi) is 4.56. The maximum absolute atomic E-state index is 11.5. The van der Waals surface area contributed by atoms with E-state index in [1.165, 1.54) is 32.1 Å². The summed E-state index contributed by atoms with van der Waals surface area (Å²) in [7, 11) is 1.62. The number of hydrogen-bond donors (Lipinski definition) is 2. The van der Waals surface area contributed by atoms with Gasteiger partial charge in [0.05, 0.1) is 0 Å². The molecule has 0 spiro atoms. The minimum Gasteiger partial charge on any atom is -0.385 e. The Morgan fingerprint density at radius 2 is 2.17 bits per heavy atom. The molecule has 1 aliphatic carbocycles. The van der Waals surface area contributed by atoms with Crippen LogP contribution >= 0.6 is 0 Å². The highest BCUT2D eigenvalue weighted by molar-refractivity contribution is 5.92. The SMILES string of the molecule is CNC(=O)c1cc(NCC2CCCCC2)ccn1. The Labute approximate surface area is 108 Å². The van der Waals surface area contributed by atoms with Crippen molar-refractivity contribution in [3.05, 3.63) is 24.0 Å². The number of anilines is 1. The fourth-order valence-electron chi connectivity index (χ4n) is 2.45. The van der Waals surface area contributed by atoms with Crippen molar-refractivity contribution in [2.24, 2.45) is 5.92 Å².